The van der Waals surface area contributed by atoms with Crippen LogP contribution < -0.4 is 5.32 Å². The van der Waals surface area contributed by atoms with Gasteiger partial charge < -0.3 is 20.2 Å². The molecule has 1 fully saturated rings. The monoisotopic (exact) mass is 345 g/mol. The van der Waals surface area contributed by atoms with Crippen LogP contribution in [0.5, 0.6) is 0 Å². The molecule has 0 aliphatic carbocycles. The number of hydrogen-bond donors (Lipinski definition) is 2. The molecule has 0 spiro atoms. The molecule has 7 nitrogen and oxygen atoms in total. The summed E-state index contributed by atoms with van der Waals surface area (Å²) in [7, 11) is 0. The molecule has 3 rings (SSSR count). The first-order chi connectivity index (χ1) is 12.1. The van der Waals surface area contributed by atoms with Gasteiger partial charge in [0, 0.05) is 19.6 Å². The maximum absolute atomic E-state index is 12.3. The van der Waals surface area contributed by atoms with Crippen molar-refractivity contribution in [3.63, 3.8) is 0 Å². The Balaban J connectivity index is 1.54. The molecule has 134 valence electrons. The lowest BCUT2D eigenvalue weighted by Gasteiger charge is -2.33. The van der Waals surface area contributed by atoms with E-state index in [4.69, 9.17) is 0 Å². The van der Waals surface area contributed by atoms with Crippen LogP contribution in [0.4, 0.5) is 4.79 Å². The molecule has 0 radical (unpaired) electrons. The molecule has 25 heavy (non-hydrogen) atoms. The van der Waals surface area contributed by atoms with Gasteiger partial charge in [0.25, 0.3) is 0 Å². The Bertz CT molecular complexity index is 676. The van der Waals surface area contributed by atoms with Crippen molar-refractivity contribution >= 4 is 17.9 Å². The van der Waals surface area contributed by atoms with E-state index in [1.165, 1.54) is 10.5 Å². The standard InChI is InChI=1S/C18H23N3O4/c22-16(21-9-4-3-7-15(21)17(23)24)11-19-18(25)20-10-8-13-5-1-2-6-14(13)12-20/h1-2,5-6,15H,3-4,7-12H2,(H,19,25)(H,23,24). The first-order valence-corrected chi connectivity index (χ1v) is 8.68. The summed E-state index contributed by atoms with van der Waals surface area (Å²) in [5, 5.41) is 11.9. The largest absolute Gasteiger partial charge is 0.480 e. The van der Waals surface area contributed by atoms with Crippen LogP contribution in [0.2, 0.25) is 0 Å². The highest BCUT2D eigenvalue weighted by molar-refractivity contribution is 5.87. The summed E-state index contributed by atoms with van der Waals surface area (Å²) in [6, 6.07) is 6.95. The van der Waals surface area contributed by atoms with Gasteiger partial charge in [-0.2, -0.15) is 0 Å². The third-order valence-corrected chi connectivity index (χ3v) is 4.92. The van der Waals surface area contributed by atoms with E-state index in [0.29, 0.717) is 26.1 Å². The quantitative estimate of drug-likeness (QED) is 0.862. The fourth-order valence-corrected chi connectivity index (χ4v) is 3.52. The highest BCUT2D eigenvalue weighted by Gasteiger charge is 2.32. The van der Waals surface area contributed by atoms with Crippen molar-refractivity contribution in [2.75, 3.05) is 19.6 Å². The van der Waals surface area contributed by atoms with E-state index in [0.717, 1.165) is 24.8 Å². The van der Waals surface area contributed by atoms with Gasteiger partial charge in [0.2, 0.25) is 5.91 Å². The summed E-state index contributed by atoms with van der Waals surface area (Å²) in [4.78, 5) is 39.0. The molecule has 0 aromatic heterocycles. The predicted octanol–water partition coefficient (Wildman–Crippen LogP) is 1.22. The fraction of sp³-hybridized carbons (Fsp3) is 0.500. The Labute approximate surface area is 146 Å². The number of carboxylic acid groups (broad SMARTS) is 1. The molecular weight excluding hydrogens is 322 g/mol. The van der Waals surface area contributed by atoms with Crippen LogP contribution in [0.15, 0.2) is 24.3 Å². The van der Waals surface area contributed by atoms with Gasteiger partial charge in [-0.1, -0.05) is 24.3 Å². The predicted molar refractivity (Wildman–Crippen MR) is 90.9 cm³/mol. The molecule has 2 heterocycles. The lowest BCUT2D eigenvalue weighted by molar-refractivity contribution is -0.151. The molecule has 7 heteroatoms. The average Bonchev–Trinajstić information content (AvgIpc) is 2.65. The molecule has 2 N–H and O–H groups in total. The number of nitrogens with one attached hydrogen (secondary N) is 1. The van der Waals surface area contributed by atoms with Crippen molar-refractivity contribution in [1.29, 1.82) is 0 Å². The van der Waals surface area contributed by atoms with Gasteiger partial charge in [0.15, 0.2) is 0 Å². The van der Waals surface area contributed by atoms with Crippen LogP contribution >= 0.6 is 0 Å². The number of fused-ring (bicyclic) bond motifs is 1. The number of carbonyl (C=O) groups is 3. The second-order valence-electron chi connectivity index (χ2n) is 6.54. The summed E-state index contributed by atoms with van der Waals surface area (Å²) in [5.74, 6) is -1.31. The number of aliphatic carboxylic acids is 1. The fourth-order valence-electron chi connectivity index (χ4n) is 3.52. The SMILES string of the molecule is O=C(O)C1CCCCN1C(=O)CNC(=O)N1CCc2ccccc2C1. The van der Waals surface area contributed by atoms with Gasteiger partial charge in [0.05, 0.1) is 6.54 Å². The lowest BCUT2D eigenvalue weighted by atomic mass is 10.0. The van der Waals surface area contributed by atoms with Gasteiger partial charge in [0.1, 0.15) is 6.04 Å². The van der Waals surface area contributed by atoms with Crippen molar-refractivity contribution in [1.82, 2.24) is 15.1 Å². The second-order valence-corrected chi connectivity index (χ2v) is 6.54. The number of amides is 3. The Kier molecular flexibility index (Phi) is 5.21. The zero-order valence-corrected chi connectivity index (χ0v) is 14.1. The van der Waals surface area contributed by atoms with Crippen LogP contribution in [0, 0.1) is 0 Å². The molecular formula is C18H23N3O4. The zero-order chi connectivity index (χ0) is 17.8. The maximum Gasteiger partial charge on any atom is 0.326 e. The highest BCUT2D eigenvalue weighted by atomic mass is 16.4. The van der Waals surface area contributed by atoms with E-state index in [2.05, 4.69) is 11.4 Å². The smallest absolute Gasteiger partial charge is 0.326 e. The van der Waals surface area contributed by atoms with Gasteiger partial charge in [-0.3, -0.25) is 4.79 Å². The van der Waals surface area contributed by atoms with E-state index in [1.54, 1.807) is 4.90 Å². The van der Waals surface area contributed by atoms with E-state index >= 15 is 0 Å². The van der Waals surface area contributed by atoms with Crippen molar-refractivity contribution in [2.45, 2.75) is 38.3 Å². The number of hydrogen-bond acceptors (Lipinski definition) is 3. The number of piperidine rings is 1. The van der Waals surface area contributed by atoms with Crippen LogP contribution in [-0.2, 0) is 22.6 Å². The number of nitrogens with zero attached hydrogens (tertiary/aromatic N) is 2. The van der Waals surface area contributed by atoms with Gasteiger partial charge in [-0.05, 0) is 36.8 Å². The summed E-state index contributed by atoms with van der Waals surface area (Å²) in [6.07, 6.45) is 2.87. The molecule has 1 aromatic carbocycles. The highest BCUT2D eigenvalue weighted by Crippen LogP contribution is 2.19. The topological polar surface area (TPSA) is 90.0 Å². The first-order valence-electron chi connectivity index (χ1n) is 8.68. The third-order valence-electron chi connectivity index (χ3n) is 4.92. The number of likely N-dealkylation sites (tertiary alicyclic amines) is 1. The maximum atomic E-state index is 12.3. The summed E-state index contributed by atoms with van der Waals surface area (Å²) in [5.41, 5.74) is 2.37. The molecule has 1 aromatic rings. The first kappa shape index (κ1) is 17.3. The molecule has 3 amide bonds. The van der Waals surface area contributed by atoms with E-state index in [9.17, 15) is 19.5 Å². The van der Waals surface area contributed by atoms with Crippen molar-refractivity contribution in [3.05, 3.63) is 35.4 Å². The normalized spacial score (nSPS) is 19.9. The lowest BCUT2D eigenvalue weighted by Crippen LogP contribution is -2.52. The number of carboxylic acids is 1. The van der Waals surface area contributed by atoms with Crippen molar-refractivity contribution in [2.24, 2.45) is 0 Å². The number of urea groups is 1. The molecule has 1 unspecified atom stereocenters. The molecule has 0 bridgehead atoms. The Hall–Kier alpha value is -2.57. The van der Waals surface area contributed by atoms with Crippen LogP contribution in [0.3, 0.4) is 0 Å². The molecule has 2 aliphatic rings. The summed E-state index contributed by atoms with van der Waals surface area (Å²) in [6.45, 7) is 1.40. The van der Waals surface area contributed by atoms with Gasteiger partial charge in [-0.15, -0.1) is 0 Å². The zero-order valence-electron chi connectivity index (χ0n) is 14.1. The summed E-state index contributed by atoms with van der Waals surface area (Å²) >= 11 is 0. The van der Waals surface area contributed by atoms with Crippen LogP contribution in [-0.4, -0.2) is 58.5 Å². The minimum atomic E-state index is -0.980. The van der Waals surface area contributed by atoms with E-state index < -0.39 is 12.0 Å². The number of rotatable bonds is 3. The van der Waals surface area contributed by atoms with Gasteiger partial charge >= 0.3 is 12.0 Å². The van der Waals surface area contributed by atoms with E-state index in [1.807, 2.05) is 18.2 Å². The number of benzene rings is 1. The average molecular weight is 345 g/mol. The number of carbonyl (C=O) groups excluding carboxylic acids is 2. The Morgan fingerprint density at radius 3 is 2.64 bits per heavy atom. The van der Waals surface area contributed by atoms with Crippen molar-refractivity contribution in [3.8, 4) is 0 Å². The van der Waals surface area contributed by atoms with E-state index in [-0.39, 0.29) is 18.5 Å². The second kappa shape index (κ2) is 7.55. The van der Waals surface area contributed by atoms with Crippen LogP contribution in [0.25, 0.3) is 0 Å². The third kappa shape index (κ3) is 3.92. The van der Waals surface area contributed by atoms with Crippen LogP contribution in [0.1, 0.15) is 30.4 Å². The van der Waals surface area contributed by atoms with Crippen molar-refractivity contribution < 1.29 is 19.5 Å². The molecule has 1 atom stereocenters. The minimum absolute atomic E-state index is 0.166. The molecule has 1 saturated heterocycles. The van der Waals surface area contributed by atoms with Gasteiger partial charge in [-0.25, -0.2) is 9.59 Å². The Morgan fingerprint density at radius 1 is 1.12 bits per heavy atom. The molecule has 0 saturated carbocycles. The summed E-state index contributed by atoms with van der Waals surface area (Å²) < 4.78 is 0. The Morgan fingerprint density at radius 2 is 1.88 bits per heavy atom. The molecule has 2 aliphatic heterocycles. The minimum Gasteiger partial charge on any atom is -0.480 e.